The Labute approximate surface area is 65.0 Å². The van der Waals surface area contributed by atoms with Gasteiger partial charge in [-0.05, 0) is 13.8 Å². The molecule has 0 aromatic carbocycles. The monoisotopic (exact) mass is 157 g/mol. The van der Waals surface area contributed by atoms with Crippen molar-refractivity contribution >= 4 is 11.8 Å². The predicted octanol–water partition coefficient (Wildman–Crippen LogP) is -0.0189. The number of carbonyl (C=O) groups excluding carboxylic acids is 2. The average molecular weight is 157 g/mol. The predicted molar refractivity (Wildman–Crippen MR) is 39.6 cm³/mol. The summed E-state index contributed by atoms with van der Waals surface area (Å²) in [5, 5.41) is 0. The Kier molecular flexibility index (Phi) is 3.95. The van der Waals surface area contributed by atoms with Gasteiger partial charge in [0, 0.05) is 6.08 Å². The molecule has 0 rings (SSSR count). The van der Waals surface area contributed by atoms with E-state index in [0.717, 1.165) is 6.08 Å². The lowest BCUT2D eigenvalue weighted by molar-refractivity contribution is -0.138. The number of ether oxygens (including phenoxy) is 1. The first kappa shape index (κ1) is 9.68. The number of ketones is 1. The number of carbonyl (C=O) groups is 2. The average Bonchev–Trinajstić information content (AvgIpc) is 1.86. The number of nitrogens with two attached hydrogens (primary N) is 1. The lowest BCUT2D eigenvalue weighted by Gasteiger charge is -1.99. The summed E-state index contributed by atoms with van der Waals surface area (Å²) in [7, 11) is 0. The van der Waals surface area contributed by atoms with Crippen molar-refractivity contribution in [1.82, 2.24) is 0 Å². The molecule has 0 aromatic rings. The Balaban J connectivity index is 4.12. The Morgan fingerprint density at radius 1 is 1.55 bits per heavy atom. The number of allylic oxidation sites excluding steroid dienone is 1. The van der Waals surface area contributed by atoms with Crippen LogP contribution in [0.1, 0.15) is 13.8 Å². The highest BCUT2D eigenvalue weighted by molar-refractivity contribution is 5.97. The summed E-state index contributed by atoms with van der Waals surface area (Å²) >= 11 is 0. The van der Waals surface area contributed by atoms with E-state index in [1.54, 1.807) is 6.92 Å². The van der Waals surface area contributed by atoms with E-state index in [-0.39, 0.29) is 18.1 Å². The molecule has 0 radical (unpaired) electrons. The highest BCUT2D eigenvalue weighted by atomic mass is 16.5. The minimum Gasteiger partial charge on any atom is -0.461 e. The van der Waals surface area contributed by atoms with Crippen molar-refractivity contribution in [2.24, 2.45) is 5.73 Å². The Morgan fingerprint density at radius 3 is 2.45 bits per heavy atom. The Morgan fingerprint density at radius 2 is 2.09 bits per heavy atom. The molecule has 0 fully saturated rings. The van der Waals surface area contributed by atoms with Gasteiger partial charge in [0.15, 0.2) is 5.78 Å². The second-order valence-corrected chi connectivity index (χ2v) is 1.93. The van der Waals surface area contributed by atoms with Crippen LogP contribution >= 0.6 is 0 Å². The Hall–Kier alpha value is -1.32. The minimum atomic E-state index is -0.650. The zero-order valence-corrected chi connectivity index (χ0v) is 6.59. The number of rotatable bonds is 3. The smallest absolute Gasteiger partial charge is 0.354 e. The zero-order chi connectivity index (χ0) is 8.85. The van der Waals surface area contributed by atoms with Crippen molar-refractivity contribution < 1.29 is 14.3 Å². The van der Waals surface area contributed by atoms with Crippen molar-refractivity contribution in [2.45, 2.75) is 13.8 Å². The molecule has 62 valence electrons. The van der Waals surface area contributed by atoms with Crippen molar-refractivity contribution in [3.05, 3.63) is 11.8 Å². The third-order valence-electron chi connectivity index (χ3n) is 0.870. The number of esters is 1. The summed E-state index contributed by atoms with van der Waals surface area (Å²) in [5.41, 5.74) is 5.02. The summed E-state index contributed by atoms with van der Waals surface area (Å²) in [4.78, 5) is 21.1. The van der Waals surface area contributed by atoms with Gasteiger partial charge in [-0.3, -0.25) is 4.79 Å². The first-order chi connectivity index (χ1) is 5.07. The van der Waals surface area contributed by atoms with E-state index in [1.807, 2.05) is 0 Å². The third-order valence-corrected chi connectivity index (χ3v) is 0.870. The topological polar surface area (TPSA) is 69.4 Å². The van der Waals surface area contributed by atoms with Crippen LogP contribution in [-0.4, -0.2) is 18.4 Å². The van der Waals surface area contributed by atoms with E-state index in [2.05, 4.69) is 4.74 Å². The molecule has 0 heterocycles. The molecule has 0 aliphatic heterocycles. The fourth-order valence-corrected chi connectivity index (χ4v) is 0.492. The van der Waals surface area contributed by atoms with E-state index in [4.69, 9.17) is 5.73 Å². The van der Waals surface area contributed by atoms with E-state index >= 15 is 0 Å². The summed E-state index contributed by atoms with van der Waals surface area (Å²) in [6.45, 7) is 3.23. The third kappa shape index (κ3) is 4.13. The molecule has 0 amide bonds. The molecule has 0 atom stereocenters. The first-order valence-electron chi connectivity index (χ1n) is 3.22. The van der Waals surface area contributed by atoms with Crippen LogP contribution in [0.15, 0.2) is 11.8 Å². The van der Waals surface area contributed by atoms with Crippen molar-refractivity contribution in [3.8, 4) is 0 Å². The van der Waals surface area contributed by atoms with Crippen LogP contribution in [0.25, 0.3) is 0 Å². The first-order valence-corrected chi connectivity index (χ1v) is 3.22. The molecule has 2 N–H and O–H groups in total. The van der Waals surface area contributed by atoms with Gasteiger partial charge in [-0.25, -0.2) is 4.79 Å². The van der Waals surface area contributed by atoms with Crippen LogP contribution in [0, 0.1) is 0 Å². The second-order valence-electron chi connectivity index (χ2n) is 1.93. The standard InChI is InChI=1S/C7H11NO3/c1-3-11-7(10)6(8)4-5(2)9/h4H,3,8H2,1-2H3/b6-4-. The fraction of sp³-hybridized carbons (Fsp3) is 0.429. The molecule has 0 bridgehead atoms. The van der Waals surface area contributed by atoms with Crippen molar-refractivity contribution in [1.29, 1.82) is 0 Å². The van der Waals surface area contributed by atoms with Gasteiger partial charge < -0.3 is 10.5 Å². The normalized spacial score (nSPS) is 10.9. The summed E-state index contributed by atoms with van der Waals surface area (Å²) < 4.78 is 4.52. The molecular weight excluding hydrogens is 146 g/mol. The largest absolute Gasteiger partial charge is 0.461 e. The summed E-state index contributed by atoms with van der Waals surface area (Å²) in [5.74, 6) is -0.918. The van der Waals surface area contributed by atoms with Crippen LogP contribution in [0.3, 0.4) is 0 Å². The second kappa shape index (κ2) is 4.49. The fourth-order valence-electron chi connectivity index (χ4n) is 0.492. The molecular formula is C7H11NO3. The molecule has 0 aromatic heterocycles. The van der Waals surface area contributed by atoms with E-state index in [9.17, 15) is 9.59 Å². The van der Waals surface area contributed by atoms with Crippen LogP contribution < -0.4 is 5.73 Å². The molecule has 0 aliphatic rings. The minimum absolute atomic E-state index is 0.153. The molecule has 11 heavy (non-hydrogen) atoms. The Bertz CT molecular complexity index is 196. The van der Waals surface area contributed by atoms with Crippen molar-refractivity contribution in [3.63, 3.8) is 0 Å². The van der Waals surface area contributed by atoms with Gasteiger partial charge >= 0.3 is 5.97 Å². The molecule has 0 saturated carbocycles. The molecule has 0 aliphatic carbocycles. The highest BCUT2D eigenvalue weighted by Gasteiger charge is 2.05. The lowest BCUT2D eigenvalue weighted by Crippen LogP contribution is -2.15. The van der Waals surface area contributed by atoms with E-state index < -0.39 is 5.97 Å². The number of hydrogen-bond acceptors (Lipinski definition) is 4. The van der Waals surface area contributed by atoms with Crippen LogP contribution in [0.5, 0.6) is 0 Å². The number of hydrogen-bond donors (Lipinski definition) is 1. The lowest BCUT2D eigenvalue weighted by atomic mass is 10.3. The van der Waals surface area contributed by atoms with Gasteiger partial charge in [0.05, 0.1) is 6.61 Å². The quantitative estimate of drug-likeness (QED) is 0.461. The van der Waals surface area contributed by atoms with Crippen LogP contribution in [0.2, 0.25) is 0 Å². The van der Waals surface area contributed by atoms with Gasteiger partial charge in [-0.15, -0.1) is 0 Å². The van der Waals surface area contributed by atoms with E-state index in [0.29, 0.717) is 0 Å². The van der Waals surface area contributed by atoms with Gasteiger partial charge in [-0.2, -0.15) is 0 Å². The molecule has 4 nitrogen and oxygen atoms in total. The maximum Gasteiger partial charge on any atom is 0.354 e. The maximum absolute atomic E-state index is 10.7. The van der Waals surface area contributed by atoms with Crippen LogP contribution in [0.4, 0.5) is 0 Å². The summed E-state index contributed by atoms with van der Waals surface area (Å²) in [6.07, 6.45) is 1.04. The van der Waals surface area contributed by atoms with Gasteiger partial charge in [0.1, 0.15) is 5.70 Å². The zero-order valence-electron chi connectivity index (χ0n) is 6.59. The summed E-state index contributed by atoms with van der Waals surface area (Å²) in [6, 6.07) is 0. The SMILES string of the molecule is CCOC(=O)/C(N)=C/C(C)=O. The molecule has 0 spiro atoms. The van der Waals surface area contributed by atoms with E-state index in [1.165, 1.54) is 6.92 Å². The maximum atomic E-state index is 10.7. The van der Waals surface area contributed by atoms with Gasteiger partial charge in [-0.1, -0.05) is 0 Å². The molecule has 0 saturated heterocycles. The van der Waals surface area contributed by atoms with Crippen LogP contribution in [-0.2, 0) is 14.3 Å². The highest BCUT2D eigenvalue weighted by Crippen LogP contribution is 1.89. The molecule has 4 heteroatoms. The van der Waals surface area contributed by atoms with Gasteiger partial charge in [0.25, 0.3) is 0 Å². The van der Waals surface area contributed by atoms with Crippen molar-refractivity contribution in [2.75, 3.05) is 6.61 Å². The van der Waals surface area contributed by atoms with Gasteiger partial charge in [0.2, 0.25) is 0 Å². The molecule has 0 unspecified atom stereocenters.